The number of hydrogen-bond acceptors (Lipinski definition) is 1. The summed E-state index contributed by atoms with van der Waals surface area (Å²) in [5, 5.41) is 2.26. The Hall–Kier alpha value is -0.790. The first kappa shape index (κ1) is 12.3. The van der Waals surface area contributed by atoms with Crippen molar-refractivity contribution in [3.05, 3.63) is 40.0 Å². The van der Waals surface area contributed by atoms with E-state index in [9.17, 15) is 0 Å². The molecule has 0 spiro atoms. The number of nitrogens with zero attached hydrogens (tertiary/aromatic N) is 1. The monoisotopic (exact) mass is 241 g/mol. The van der Waals surface area contributed by atoms with Gasteiger partial charge in [0.1, 0.15) is 0 Å². The summed E-state index contributed by atoms with van der Waals surface area (Å²) in [7, 11) is 0. The third kappa shape index (κ3) is 2.61. The van der Waals surface area contributed by atoms with Crippen LogP contribution < -0.4 is 0 Å². The molecule has 1 aromatic heterocycles. The van der Waals surface area contributed by atoms with Crippen molar-refractivity contribution in [3.63, 3.8) is 0 Å². The van der Waals surface area contributed by atoms with Gasteiger partial charge in [-0.25, -0.2) is 0 Å². The highest BCUT2D eigenvalue weighted by molar-refractivity contribution is 6.38. The summed E-state index contributed by atoms with van der Waals surface area (Å²) in [4.78, 5) is 4.19. The fourth-order valence-electron chi connectivity index (χ4n) is 1.36. The van der Waals surface area contributed by atoms with E-state index in [1.807, 2.05) is 32.9 Å². The Balaban J connectivity index is 0.000000531. The molecule has 1 nitrogen and oxygen atoms in total. The van der Waals surface area contributed by atoms with Crippen LogP contribution in [0.15, 0.2) is 24.4 Å². The van der Waals surface area contributed by atoms with Crippen LogP contribution in [0.5, 0.6) is 0 Å². The number of pyridine rings is 1. The maximum Gasteiger partial charge on any atom is 0.0734 e. The second kappa shape index (κ2) is 5.34. The highest BCUT2D eigenvalue weighted by atomic mass is 35.5. The molecule has 1 heterocycles. The lowest BCUT2D eigenvalue weighted by atomic mass is 10.1. The van der Waals surface area contributed by atoms with E-state index in [0.717, 1.165) is 16.5 Å². The summed E-state index contributed by atoms with van der Waals surface area (Å²) in [6.45, 7) is 6.00. The second-order valence-corrected chi connectivity index (χ2v) is 3.75. The molecule has 15 heavy (non-hydrogen) atoms. The first-order valence-corrected chi connectivity index (χ1v) is 5.64. The molecule has 0 unspecified atom stereocenters. The molecule has 0 aliphatic heterocycles. The maximum absolute atomic E-state index is 6.04. The van der Waals surface area contributed by atoms with Crippen LogP contribution in [0.3, 0.4) is 0 Å². The lowest BCUT2D eigenvalue weighted by molar-refractivity contribution is 1.37. The maximum atomic E-state index is 6.04. The standard InChI is InChI=1S/C10H7Cl2N.C2H6/c1-6-2-3-13-9-5-7(11)4-8(12)10(6)9;1-2/h2-5H,1H3;1-2H3. The molecule has 0 fully saturated rings. The van der Waals surface area contributed by atoms with E-state index < -0.39 is 0 Å². The molecule has 2 rings (SSSR count). The normalized spacial score (nSPS) is 9.67. The first-order valence-electron chi connectivity index (χ1n) is 4.89. The van der Waals surface area contributed by atoms with Crippen LogP contribution >= 0.6 is 23.2 Å². The van der Waals surface area contributed by atoms with Crippen LogP contribution in [0.2, 0.25) is 10.0 Å². The third-order valence-electron chi connectivity index (χ3n) is 1.97. The molecule has 0 radical (unpaired) electrons. The average molecular weight is 242 g/mol. The summed E-state index contributed by atoms with van der Waals surface area (Å²) < 4.78 is 0. The Morgan fingerprint density at radius 3 is 2.47 bits per heavy atom. The second-order valence-electron chi connectivity index (χ2n) is 2.91. The van der Waals surface area contributed by atoms with E-state index in [1.165, 1.54) is 0 Å². The van der Waals surface area contributed by atoms with Crippen LogP contribution in [-0.4, -0.2) is 4.98 Å². The number of rotatable bonds is 0. The predicted octanol–water partition coefficient (Wildman–Crippen LogP) is 4.88. The molecule has 3 heteroatoms. The lowest BCUT2D eigenvalue weighted by Crippen LogP contribution is -1.83. The van der Waals surface area contributed by atoms with Crippen LogP contribution in [0.4, 0.5) is 0 Å². The Bertz CT molecular complexity index is 466. The fraction of sp³-hybridized carbons (Fsp3) is 0.250. The molecule has 0 amide bonds. The fourth-order valence-corrected chi connectivity index (χ4v) is 2.00. The molecule has 0 N–H and O–H groups in total. The molecule has 0 aliphatic rings. The van der Waals surface area contributed by atoms with E-state index in [-0.39, 0.29) is 0 Å². The summed E-state index contributed by atoms with van der Waals surface area (Å²) in [5.41, 5.74) is 1.96. The van der Waals surface area contributed by atoms with Crippen LogP contribution in [-0.2, 0) is 0 Å². The number of aryl methyl sites for hydroxylation is 1. The van der Waals surface area contributed by atoms with Gasteiger partial charge in [0, 0.05) is 16.6 Å². The van der Waals surface area contributed by atoms with Crippen molar-refractivity contribution in [1.29, 1.82) is 0 Å². The molecule has 0 saturated carbocycles. The van der Waals surface area contributed by atoms with Gasteiger partial charge >= 0.3 is 0 Å². The quantitative estimate of drug-likeness (QED) is 0.641. The highest BCUT2D eigenvalue weighted by Crippen LogP contribution is 2.28. The lowest BCUT2D eigenvalue weighted by Gasteiger charge is -2.03. The van der Waals surface area contributed by atoms with Gasteiger partial charge in [0.15, 0.2) is 0 Å². The smallest absolute Gasteiger partial charge is 0.0734 e. The van der Waals surface area contributed by atoms with E-state index in [0.29, 0.717) is 10.0 Å². The molecular weight excluding hydrogens is 229 g/mol. The number of benzene rings is 1. The minimum atomic E-state index is 0.621. The van der Waals surface area contributed by atoms with E-state index >= 15 is 0 Å². The first-order chi connectivity index (χ1) is 7.18. The number of hydrogen-bond donors (Lipinski definition) is 0. The van der Waals surface area contributed by atoms with E-state index in [1.54, 1.807) is 12.3 Å². The average Bonchev–Trinajstić information content (AvgIpc) is 2.19. The molecular formula is C12H13Cl2N. The minimum absolute atomic E-state index is 0.621. The van der Waals surface area contributed by atoms with Crippen LogP contribution in [0.1, 0.15) is 19.4 Å². The van der Waals surface area contributed by atoms with Gasteiger partial charge in [-0.2, -0.15) is 0 Å². The van der Waals surface area contributed by atoms with Gasteiger partial charge in [-0.1, -0.05) is 37.0 Å². The molecule has 0 atom stereocenters. The predicted molar refractivity (Wildman–Crippen MR) is 67.8 cm³/mol. The highest BCUT2D eigenvalue weighted by Gasteiger charge is 2.04. The zero-order valence-corrected chi connectivity index (χ0v) is 10.5. The Labute approximate surface area is 100 Å². The van der Waals surface area contributed by atoms with Crippen LogP contribution in [0.25, 0.3) is 10.9 Å². The van der Waals surface area contributed by atoms with Crippen molar-refractivity contribution in [2.45, 2.75) is 20.8 Å². The zero-order chi connectivity index (χ0) is 11.4. The van der Waals surface area contributed by atoms with Gasteiger partial charge in [0.2, 0.25) is 0 Å². The molecule has 80 valence electrons. The van der Waals surface area contributed by atoms with Crippen molar-refractivity contribution in [2.24, 2.45) is 0 Å². The van der Waals surface area contributed by atoms with Crippen molar-refractivity contribution >= 4 is 34.1 Å². The largest absolute Gasteiger partial charge is 0.256 e. The number of aromatic nitrogens is 1. The SMILES string of the molecule is CC.Cc1ccnc2cc(Cl)cc(Cl)c12. The summed E-state index contributed by atoms with van der Waals surface area (Å²) in [6.07, 6.45) is 1.75. The van der Waals surface area contributed by atoms with E-state index in [2.05, 4.69) is 4.98 Å². The number of fused-ring (bicyclic) bond motifs is 1. The van der Waals surface area contributed by atoms with Gasteiger partial charge in [0.25, 0.3) is 0 Å². The van der Waals surface area contributed by atoms with Crippen molar-refractivity contribution in [1.82, 2.24) is 4.98 Å². The molecule has 1 aromatic carbocycles. The van der Waals surface area contributed by atoms with Crippen molar-refractivity contribution in [2.75, 3.05) is 0 Å². The van der Waals surface area contributed by atoms with Gasteiger partial charge < -0.3 is 0 Å². The Morgan fingerprint density at radius 2 is 1.80 bits per heavy atom. The van der Waals surface area contributed by atoms with Gasteiger partial charge in [0.05, 0.1) is 10.5 Å². The molecule has 0 aliphatic carbocycles. The minimum Gasteiger partial charge on any atom is -0.256 e. The third-order valence-corrected chi connectivity index (χ3v) is 2.48. The summed E-state index contributed by atoms with van der Waals surface area (Å²) >= 11 is 11.9. The van der Waals surface area contributed by atoms with Crippen molar-refractivity contribution < 1.29 is 0 Å². The summed E-state index contributed by atoms with van der Waals surface area (Å²) in [5.74, 6) is 0. The Kier molecular flexibility index (Phi) is 4.37. The zero-order valence-electron chi connectivity index (χ0n) is 9.01. The topological polar surface area (TPSA) is 12.9 Å². The molecule has 0 saturated heterocycles. The van der Waals surface area contributed by atoms with Gasteiger partial charge in [-0.15, -0.1) is 0 Å². The van der Waals surface area contributed by atoms with Gasteiger partial charge in [-0.3, -0.25) is 4.98 Å². The van der Waals surface area contributed by atoms with Gasteiger partial charge in [-0.05, 0) is 30.7 Å². The molecule has 0 bridgehead atoms. The van der Waals surface area contributed by atoms with E-state index in [4.69, 9.17) is 23.2 Å². The summed E-state index contributed by atoms with van der Waals surface area (Å²) in [6, 6.07) is 5.48. The number of halogens is 2. The van der Waals surface area contributed by atoms with Crippen molar-refractivity contribution in [3.8, 4) is 0 Å². The Morgan fingerprint density at radius 1 is 1.13 bits per heavy atom. The van der Waals surface area contributed by atoms with Crippen LogP contribution in [0, 0.1) is 6.92 Å². The molecule has 2 aromatic rings.